The third-order valence-corrected chi connectivity index (χ3v) is 7.58. The Morgan fingerprint density at radius 3 is 2.58 bits per heavy atom. The van der Waals surface area contributed by atoms with E-state index >= 15 is 0 Å². The van der Waals surface area contributed by atoms with Crippen LogP contribution in [0.3, 0.4) is 0 Å². The summed E-state index contributed by atoms with van der Waals surface area (Å²) >= 11 is 0. The van der Waals surface area contributed by atoms with Crippen LogP contribution in [0.4, 0.5) is 0 Å². The molecule has 2 aromatic heterocycles. The SMILES string of the molecule is CCN(C)CCCN(CCCn1c(CCCCN)nc2cnc3ccccc3c21)Cc1cccc(CC(=O)O)c1. The van der Waals surface area contributed by atoms with Crippen molar-refractivity contribution in [3.8, 4) is 0 Å². The van der Waals surface area contributed by atoms with Crippen molar-refractivity contribution in [2.24, 2.45) is 5.73 Å². The Kier molecular flexibility index (Phi) is 11.0. The number of imidazole rings is 1. The molecule has 40 heavy (non-hydrogen) atoms. The van der Waals surface area contributed by atoms with Gasteiger partial charge in [0.05, 0.1) is 23.7 Å². The van der Waals surface area contributed by atoms with Crippen molar-refractivity contribution in [2.75, 3.05) is 39.8 Å². The molecule has 0 saturated carbocycles. The second kappa shape index (κ2) is 14.9. The van der Waals surface area contributed by atoms with Gasteiger partial charge in [0.25, 0.3) is 0 Å². The summed E-state index contributed by atoms with van der Waals surface area (Å²) in [6.07, 6.45) is 6.96. The molecule has 8 nitrogen and oxygen atoms in total. The fourth-order valence-electron chi connectivity index (χ4n) is 5.38. The van der Waals surface area contributed by atoms with Crippen molar-refractivity contribution in [2.45, 2.75) is 58.5 Å². The molecule has 0 radical (unpaired) electrons. The molecular formula is C32H44N6O2. The van der Waals surface area contributed by atoms with Crippen LogP contribution in [0, 0.1) is 0 Å². The quantitative estimate of drug-likeness (QED) is 0.185. The highest BCUT2D eigenvalue weighted by atomic mass is 16.4. The maximum atomic E-state index is 11.2. The summed E-state index contributed by atoms with van der Waals surface area (Å²) in [5, 5.41) is 10.4. The Labute approximate surface area is 237 Å². The number of carboxylic acids is 1. The zero-order valence-corrected chi connectivity index (χ0v) is 24.1. The third kappa shape index (κ3) is 8.10. The second-order valence-electron chi connectivity index (χ2n) is 10.7. The molecule has 0 atom stereocenters. The van der Waals surface area contributed by atoms with Crippen LogP contribution in [0.15, 0.2) is 54.7 Å². The Morgan fingerprint density at radius 2 is 1.77 bits per heavy atom. The average Bonchev–Trinajstić information content (AvgIpc) is 3.30. The molecule has 2 aromatic carbocycles. The van der Waals surface area contributed by atoms with Gasteiger partial charge >= 0.3 is 5.97 Å². The maximum Gasteiger partial charge on any atom is 0.307 e. The van der Waals surface area contributed by atoms with E-state index in [9.17, 15) is 9.90 Å². The summed E-state index contributed by atoms with van der Waals surface area (Å²) in [5.41, 5.74) is 10.9. The standard InChI is InChI=1S/C32H44N6O2/c1-3-36(2)17-9-18-37(24-26-12-8-11-25(21-26)22-31(39)40)19-10-20-38-30(15-6-7-16-33)35-29-23-34-28-14-5-4-13-27(28)32(29)38/h4-5,8,11-14,21,23H,3,6-7,9-10,15-20,22,24,33H2,1-2H3,(H,39,40). The molecule has 0 bridgehead atoms. The Bertz CT molecular complexity index is 1380. The first-order valence-corrected chi connectivity index (χ1v) is 14.6. The first-order valence-electron chi connectivity index (χ1n) is 14.6. The number of fused-ring (bicyclic) bond motifs is 3. The number of hydrogen-bond donors (Lipinski definition) is 2. The van der Waals surface area contributed by atoms with Crippen LogP contribution < -0.4 is 5.73 Å². The molecule has 0 aliphatic carbocycles. The lowest BCUT2D eigenvalue weighted by atomic mass is 10.1. The molecule has 0 saturated heterocycles. The summed E-state index contributed by atoms with van der Waals surface area (Å²) < 4.78 is 2.41. The van der Waals surface area contributed by atoms with Crippen molar-refractivity contribution in [3.63, 3.8) is 0 Å². The van der Waals surface area contributed by atoms with Gasteiger partial charge < -0.3 is 20.3 Å². The van der Waals surface area contributed by atoms with Crippen LogP contribution in [-0.4, -0.2) is 75.2 Å². The van der Waals surface area contributed by atoms with Crippen molar-refractivity contribution < 1.29 is 9.90 Å². The number of benzene rings is 2. The molecular weight excluding hydrogens is 500 g/mol. The molecule has 2 heterocycles. The number of aromatic nitrogens is 3. The molecule has 0 amide bonds. The number of aryl methyl sites for hydroxylation is 2. The normalized spacial score (nSPS) is 11.8. The molecule has 214 valence electrons. The van der Waals surface area contributed by atoms with E-state index in [1.54, 1.807) is 0 Å². The summed E-state index contributed by atoms with van der Waals surface area (Å²) in [6.45, 7) is 8.62. The van der Waals surface area contributed by atoms with E-state index in [2.05, 4.69) is 57.6 Å². The number of nitrogens with two attached hydrogens (primary N) is 1. The van der Waals surface area contributed by atoms with Gasteiger partial charge in [0, 0.05) is 31.4 Å². The monoisotopic (exact) mass is 544 g/mol. The predicted octanol–water partition coefficient (Wildman–Crippen LogP) is 4.73. The first kappa shape index (κ1) is 29.6. The van der Waals surface area contributed by atoms with E-state index in [4.69, 9.17) is 10.7 Å². The van der Waals surface area contributed by atoms with Crippen LogP contribution in [0.5, 0.6) is 0 Å². The minimum atomic E-state index is -0.797. The molecule has 0 aliphatic heterocycles. The minimum Gasteiger partial charge on any atom is -0.481 e. The Hall–Kier alpha value is -3.33. The molecule has 8 heteroatoms. The van der Waals surface area contributed by atoms with Gasteiger partial charge in [-0.05, 0) is 76.1 Å². The topological polar surface area (TPSA) is 101 Å². The van der Waals surface area contributed by atoms with Gasteiger partial charge in [0.15, 0.2) is 0 Å². The Balaban J connectivity index is 1.52. The lowest BCUT2D eigenvalue weighted by molar-refractivity contribution is -0.136. The van der Waals surface area contributed by atoms with Crippen molar-refractivity contribution in [3.05, 3.63) is 71.7 Å². The first-order chi connectivity index (χ1) is 19.5. The molecule has 0 unspecified atom stereocenters. The number of hydrogen-bond acceptors (Lipinski definition) is 6. The van der Waals surface area contributed by atoms with Crippen LogP contribution in [0.2, 0.25) is 0 Å². The molecule has 0 fully saturated rings. The fourth-order valence-corrected chi connectivity index (χ4v) is 5.38. The van der Waals surface area contributed by atoms with Gasteiger partial charge in [-0.2, -0.15) is 0 Å². The Morgan fingerprint density at radius 1 is 0.975 bits per heavy atom. The second-order valence-corrected chi connectivity index (χ2v) is 10.7. The number of rotatable bonds is 17. The van der Waals surface area contributed by atoms with E-state index in [-0.39, 0.29) is 6.42 Å². The summed E-state index contributed by atoms with van der Waals surface area (Å²) in [6, 6.07) is 16.3. The number of nitrogens with zero attached hydrogens (tertiary/aromatic N) is 5. The van der Waals surface area contributed by atoms with E-state index < -0.39 is 5.97 Å². The van der Waals surface area contributed by atoms with Gasteiger partial charge in [-0.1, -0.05) is 49.4 Å². The maximum absolute atomic E-state index is 11.2. The lowest BCUT2D eigenvalue weighted by Crippen LogP contribution is -2.29. The highest BCUT2D eigenvalue weighted by Crippen LogP contribution is 2.26. The molecule has 0 spiro atoms. The van der Waals surface area contributed by atoms with Crippen LogP contribution >= 0.6 is 0 Å². The average molecular weight is 545 g/mol. The number of carbonyl (C=O) groups is 1. The summed E-state index contributed by atoms with van der Waals surface area (Å²) in [7, 11) is 2.16. The summed E-state index contributed by atoms with van der Waals surface area (Å²) in [4.78, 5) is 25.8. The molecule has 4 rings (SSSR count). The van der Waals surface area contributed by atoms with E-state index in [1.807, 2.05) is 30.5 Å². The molecule has 0 aliphatic rings. The van der Waals surface area contributed by atoms with Crippen molar-refractivity contribution >= 4 is 27.9 Å². The molecule has 3 N–H and O–H groups in total. The largest absolute Gasteiger partial charge is 0.481 e. The van der Waals surface area contributed by atoms with Crippen molar-refractivity contribution in [1.82, 2.24) is 24.3 Å². The highest BCUT2D eigenvalue weighted by Gasteiger charge is 2.15. The van der Waals surface area contributed by atoms with Gasteiger partial charge in [-0.3, -0.25) is 14.7 Å². The van der Waals surface area contributed by atoms with Crippen LogP contribution in [0.25, 0.3) is 21.9 Å². The van der Waals surface area contributed by atoms with Gasteiger partial charge in [-0.25, -0.2) is 4.98 Å². The smallest absolute Gasteiger partial charge is 0.307 e. The number of unbranched alkanes of at least 4 members (excludes halogenated alkanes) is 1. The number of carboxylic acid groups (broad SMARTS) is 1. The minimum absolute atomic E-state index is 0.0542. The van der Waals surface area contributed by atoms with Gasteiger partial charge in [0.1, 0.15) is 11.3 Å². The van der Waals surface area contributed by atoms with Gasteiger partial charge in [0.2, 0.25) is 0 Å². The summed E-state index contributed by atoms with van der Waals surface area (Å²) in [5.74, 6) is 0.313. The zero-order chi connectivity index (χ0) is 28.3. The van der Waals surface area contributed by atoms with E-state index in [0.717, 1.165) is 105 Å². The predicted molar refractivity (Wildman–Crippen MR) is 162 cm³/mol. The van der Waals surface area contributed by atoms with Crippen LogP contribution in [-0.2, 0) is 30.7 Å². The van der Waals surface area contributed by atoms with Crippen LogP contribution in [0.1, 0.15) is 49.6 Å². The van der Waals surface area contributed by atoms with E-state index in [1.165, 1.54) is 5.52 Å². The third-order valence-electron chi connectivity index (χ3n) is 7.58. The fraction of sp³-hybridized carbons (Fsp3) is 0.469. The number of pyridine rings is 1. The zero-order valence-electron chi connectivity index (χ0n) is 24.1. The van der Waals surface area contributed by atoms with Gasteiger partial charge in [-0.15, -0.1) is 0 Å². The molecule has 4 aromatic rings. The number of para-hydroxylation sites is 1. The van der Waals surface area contributed by atoms with E-state index in [0.29, 0.717) is 6.54 Å². The lowest BCUT2D eigenvalue weighted by Gasteiger charge is -2.24. The highest BCUT2D eigenvalue weighted by molar-refractivity contribution is 6.02. The number of aliphatic carboxylic acids is 1. The van der Waals surface area contributed by atoms with Crippen molar-refractivity contribution in [1.29, 1.82) is 0 Å².